The highest BCUT2D eigenvalue weighted by Gasteiger charge is 2.50. The number of carbonyl (C=O) groups excluding carboxylic acids is 2. The average molecular weight is 373 g/mol. The topological polar surface area (TPSA) is 135 Å². The summed E-state index contributed by atoms with van der Waals surface area (Å²) in [6.07, 6.45) is 2.53. The summed E-state index contributed by atoms with van der Waals surface area (Å²) in [5, 5.41) is 18.4. The molecule has 142 valence electrons. The third kappa shape index (κ3) is 4.28. The van der Waals surface area contributed by atoms with Crippen molar-refractivity contribution < 1.29 is 33.8 Å². The summed E-state index contributed by atoms with van der Waals surface area (Å²) in [4.78, 5) is 51.6. The normalized spacial score (nSPS) is 12.9. The van der Waals surface area contributed by atoms with Crippen molar-refractivity contribution in [2.45, 2.75) is 32.6 Å². The molecule has 1 heterocycles. The molecule has 0 spiro atoms. The first-order chi connectivity index (χ1) is 12.8. The molecule has 2 rings (SSSR count). The van der Waals surface area contributed by atoms with Gasteiger partial charge in [0, 0.05) is 17.5 Å². The Hall–Kier alpha value is -3.29. The van der Waals surface area contributed by atoms with Gasteiger partial charge in [-0.05, 0) is 25.8 Å². The first kappa shape index (κ1) is 20.0. The van der Waals surface area contributed by atoms with E-state index < -0.39 is 28.9 Å². The van der Waals surface area contributed by atoms with Crippen molar-refractivity contribution in [1.29, 1.82) is 0 Å². The second-order valence-corrected chi connectivity index (χ2v) is 6.14. The standard InChI is InChI=1S/C19H19NO7/c1-12(21)19(18(25)26,8-3-2-7-16(22)23)17(24)14-6-4-5-13(9-14)15-10-20-11-27-15/h4-6,9-11H,2-3,7-8H2,1H3,(H,22,23)(H,25,26). The first-order valence-corrected chi connectivity index (χ1v) is 8.29. The van der Waals surface area contributed by atoms with Gasteiger partial charge in [-0.2, -0.15) is 0 Å². The molecule has 8 nitrogen and oxygen atoms in total. The maximum absolute atomic E-state index is 13.0. The molecule has 0 aliphatic rings. The molecule has 0 aliphatic carbocycles. The number of hydrogen-bond donors (Lipinski definition) is 2. The van der Waals surface area contributed by atoms with E-state index in [0.29, 0.717) is 11.3 Å². The Morgan fingerprint density at radius 3 is 2.44 bits per heavy atom. The van der Waals surface area contributed by atoms with Crippen molar-refractivity contribution in [3.8, 4) is 11.3 Å². The van der Waals surface area contributed by atoms with Crippen LogP contribution in [0.1, 0.15) is 43.0 Å². The number of ketones is 2. The van der Waals surface area contributed by atoms with E-state index in [2.05, 4.69) is 4.98 Å². The van der Waals surface area contributed by atoms with E-state index in [4.69, 9.17) is 9.52 Å². The zero-order chi connectivity index (χ0) is 20.0. The number of unbranched alkanes of at least 4 members (excludes halogenated alkanes) is 1. The summed E-state index contributed by atoms with van der Waals surface area (Å²) in [5.74, 6) is -3.79. The molecule has 8 heteroatoms. The van der Waals surface area contributed by atoms with Gasteiger partial charge in [-0.1, -0.05) is 24.6 Å². The monoisotopic (exact) mass is 373 g/mol. The number of aliphatic carboxylic acids is 2. The van der Waals surface area contributed by atoms with Crippen LogP contribution in [-0.4, -0.2) is 38.7 Å². The molecule has 0 radical (unpaired) electrons. The number of hydrogen-bond acceptors (Lipinski definition) is 6. The molecule has 0 bridgehead atoms. The molecule has 2 aromatic rings. The van der Waals surface area contributed by atoms with Gasteiger partial charge in [0.15, 0.2) is 29.1 Å². The van der Waals surface area contributed by atoms with Gasteiger partial charge in [-0.25, -0.2) is 4.98 Å². The van der Waals surface area contributed by atoms with Gasteiger partial charge in [0.05, 0.1) is 6.20 Å². The fourth-order valence-corrected chi connectivity index (χ4v) is 2.89. The Balaban J connectivity index is 2.36. The Morgan fingerprint density at radius 2 is 1.89 bits per heavy atom. The van der Waals surface area contributed by atoms with E-state index in [9.17, 15) is 24.3 Å². The molecular formula is C19H19NO7. The molecule has 27 heavy (non-hydrogen) atoms. The van der Waals surface area contributed by atoms with E-state index in [1.165, 1.54) is 24.7 Å². The molecule has 0 amide bonds. The van der Waals surface area contributed by atoms with Gasteiger partial charge >= 0.3 is 11.9 Å². The minimum atomic E-state index is -2.25. The highest BCUT2D eigenvalue weighted by Crippen LogP contribution is 2.33. The van der Waals surface area contributed by atoms with E-state index in [0.717, 1.165) is 6.92 Å². The SMILES string of the molecule is CC(=O)C(CCCCC(=O)O)(C(=O)O)C(=O)c1cccc(-c2cnco2)c1. The Bertz CT molecular complexity index is 841. The van der Waals surface area contributed by atoms with E-state index in [-0.39, 0.29) is 31.2 Å². The van der Waals surface area contributed by atoms with Gasteiger partial charge in [-0.15, -0.1) is 0 Å². The fourth-order valence-electron chi connectivity index (χ4n) is 2.89. The van der Waals surface area contributed by atoms with Crippen molar-refractivity contribution in [3.05, 3.63) is 42.4 Å². The molecule has 0 fully saturated rings. The molecule has 0 saturated heterocycles. The zero-order valence-electron chi connectivity index (χ0n) is 14.7. The van der Waals surface area contributed by atoms with Crippen LogP contribution in [0.3, 0.4) is 0 Å². The van der Waals surface area contributed by atoms with E-state index in [1.54, 1.807) is 12.1 Å². The van der Waals surface area contributed by atoms with Crippen molar-refractivity contribution in [3.63, 3.8) is 0 Å². The molecule has 0 saturated carbocycles. The van der Waals surface area contributed by atoms with Gasteiger partial charge in [0.1, 0.15) is 0 Å². The van der Waals surface area contributed by atoms with Crippen molar-refractivity contribution in [2.75, 3.05) is 0 Å². The quantitative estimate of drug-likeness (QED) is 0.369. The summed E-state index contributed by atoms with van der Waals surface area (Å²) in [5.41, 5.74) is -1.68. The van der Waals surface area contributed by atoms with E-state index >= 15 is 0 Å². The van der Waals surface area contributed by atoms with Gasteiger partial charge < -0.3 is 14.6 Å². The summed E-state index contributed by atoms with van der Waals surface area (Å²) >= 11 is 0. The number of carboxylic acids is 2. The molecule has 1 aromatic heterocycles. The molecule has 2 N–H and O–H groups in total. The molecular weight excluding hydrogens is 354 g/mol. The number of aromatic nitrogens is 1. The number of nitrogens with zero attached hydrogens (tertiary/aromatic N) is 1. The highest BCUT2D eigenvalue weighted by atomic mass is 16.4. The van der Waals surface area contributed by atoms with Gasteiger partial charge in [0.25, 0.3) is 0 Å². The summed E-state index contributed by atoms with van der Waals surface area (Å²) < 4.78 is 5.18. The minimum Gasteiger partial charge on any atom is -0.481 e. The summed E-state index contributed by atoms with van der Waals surface area (Å²) in [6.45, 7) is 1.06. The van der Waals surface area contributed by atoms with Gasteiger partial charge in [-0.3, -0.25) is 19.2 Å². The lowest BCUT2D eigenvalue weighted by atomic mass is 9.73. The van der Waals surface area contributed by atoms with Crippen LogP contribution in [0.5, 0.6) is 0 Å². The Morgan fingerprint density at radius 1 is 1.15 bits per heavy atom. The van der Waals surface area contributed by atoms with Crippen LogP contribution >= 0.6 is 0 Å². The third-order valence-corrected chi connectivity index (χ3v) is 4.39. The van der Waals surface area contributed by atoms with Gasteiger partial charge in [0.2, 0.25) is 0 Å². The van der Waals surface area contributed by atoms with Crippen LogP contribution in [0, 0.1) is 5.41 Å². The van der Waals surface area contributed by atoms with Crippen molar-refractivity contribution >= 4 is 23.5 Å². The summed E-state index contributed by atoms with van der Waals surface area (Å²) in [7, 11) is 0. The number of oxazole rings is 1. The number of carboxylic acid groups (broad SMARTS) is 2. The minimum absolute atomic E-state index is 0.0553. The maximum atomic E-state index is 13.0. The predicted octanol–water partition coefficient (Wildman–Crippen LogP) is 2.83. The first-order valence-electron chi connectivity index (χ1n) is 8.29. The lowest BCUT2D eigenvalue weighted by Crippen LogP contribution is -2.45. The lowest BCUT2D eigenvalue weighted by Gasteiger charge is -2.25. The smallest absolute Gasteiger partial charge is 0.325 e. The van der Waals surface area contributed by atoms with Crippen LogP contribution in [0.25, 0.3) is 11.3 Å². The number of carbonyl (C=O) groups is 4. The number of Topliss-reactive ketones (excluding diaryl/α,β-unsaturated/α-hetero) is 2. The highest BCUT2D eigenvalue weighted by molar-refractivity contribution is 6.26. The van der Waals surface area contributed by atoms with E-state index in [1.807, 2.05) is 0 Å². The predicted molar refractivity (Wildman–Crippen MR) is 93.1 cm³/mol. The average Bonchev–Trinajstić information content (AvgIpc) is 3.15. The Labute approximate surface area is 154 Å². The molecule has 0 aliphatic heterocycles. The molecule has 1 unspecified atom stereocenters. The summed E-state index contributed by atoms with van der Waals surface area (Å²) in [6, 6.07) is 6.10. The molecule has 1 atom stereocenters. The fraction of sp³-hybridized carbons (Fsp3) is 0.316. The van der Waals surface area contributed by atoms with Crippen LogP contribution in [0.2, 0.25) is 0 Å². The van der Waals surface area contributed by atoms with Crippen LogP contribution in [-0.2, 0) is 14.4 Å². The largest absolute Gasteiger partial charge is 0.481 e. The zero-order valence-corrected chi connectivity index (χ0v) is 14.7. The second-order valence-electron chi connectivity index (χ2n) is 6.14. The molecule has 1 aromatic carbocycles. The van der Waals surface area contributed by atoms with Crippen molar-refractivity contribution in [2.24, 2.45) is 5.41 Å². The van der Waals surface area contributed by atoms with Crippen LogP contribution < -0.4 is 0 Å². The third-order valence-electron chi connectivity index (χ3n) is 4.39. The number of benzene rings is 1. The number of rotatable bonds is 10. The Kier molecular flexibility index (Phi) is 6.23. The van der Waals surface area contributed by atoms with Crippen LogP contribution in [0.15, 0.2) is 41.3 Å². The second kappa shape index (κ2) is 8.39. The van der Waals surface area contributed by atoms with Crippen molar-refractivity contribution in [1.82, 2.24) is 4.98 Å². The lowest BCUT2D eigenvalue weighted by molar-refractivity contribution is -0.151. The van der Waals surface area contributed by atoms with Crippen LogP contribution in [0.4, 0.5) is 0 Å². The maximum Gasteiger partial charge on any atom is 0.325 e.